The molecule has 0 unspecified atom stereocenters. The predicted octanol–water partition coefficient (Wildman–Crippen LogP) is 14.3. The fraction of sp³-hybridized carbons (Fsp3) is 0.0800. The van der Waals surface area contributed by atoms with Crippen LogP contribution >= 0.6 is 11.3 Å². The maximum absolute atomic E-state index is 5.48. The van der Waals surface area contributed by atoms with E-state index in [1.807, 2.05) is 11.3 Å². The zero-order valence-electron chi connectivity index (χ0n) is 29.9. The fourth-order valence-electron chi connectivity index (χ4n) is 7.93. The van der Waals surface area contributed by atoms with Gasteiger partial charge in [-0.25, -0.2) is 9.97 Å². The summed E-state index contributed by atoms with van der Waals surface area (Å²) >= 11 is 1.88. The molecule has 0 aliphatic heterocycles. The van der Waals surface area contributed by atoms with Gasteiger partial charge in [0.2, 0.25) is 0 Å². The average Bonchev–Trinajstić information content (AvgIpc) is 3.59. The van der Waals surface area contributed by atoms with Crippen molar-refractivity contribution in [1.82, 2.24) is 9.97 Å². The van der Waals surface area contributed by atoms with Gasteiger partial charge in [0.1, 0.15) is 0 Å². The van der Waals surface area contributed by atoms with Crippen LogP contribution in [-0.2, 0) is 5.41 Å². The molecule has 10 aromatic rings. The summed E-state index contributed by atoms with van der Waals surface area (Å²) in [4.78, 5) is 10.9. The normalized spacial score (nSPS) is 12.1. The maximum Gasteiger partial charge on any atom is 0.0979 e. The van der Waals surface area contributed by atoms with E-state index in [9.17, 15) is 0 Å². The number of fused-ring (bicyclic) bond motifs is 9. The highest BCUT2D eigenvalue weighted by Crippen LogP contribution is 2.42. The highest BCUT2D eigenvalue weighted by molar-refractivity contribution is 7.26. The van der Waals surface area contributed by atoms with Gasteiger partial charge in [0.15, 0.2) is 0 Å². The van der Waals surface area contributed by atoms with Crippen LogP contribution < -0.4 is 0 Å². The summed E-state index contributed by atoms with van der Waals surface area (Å²) in [7, 11) is 0. The van der Waals surface area contributed by atoms with Crippen LogP contribution in [0, 0.1) is 0 Å². The minimum Gasteiger partial charge on any atom is -0.248 e. The largest absolute Gasteiger partial charge is 0.248 e. The molecule has 2 nitrogen and oxygen atoms in total. The van der Waals surface area contributed by atoms with Gasteiger partial charge in [0.25, 0.3) is 0 Å². The van der Waals surface area contributed by atoms with Crippen LogP contribution in [0.25, 0.3) is 97.4 Å². The molecule has 0 spiro atoms. The number of thiophene rings is 1. The summed E-state index contributed by atoms with van der Waals surface area (Å²) in [5.74, 6) is 0. The van der Waals surface area contributed by atoms with Gasteiger partial charge in [-0.1, -0.05) is 166 Å². The van der Waals surface area contributed by atoms with Gasteiger partial charge in [-0.05, 0) is 62.4 Å². The van der Waals surface area contributed by atoms with E-state index in [1.165, 1.54) is 58.8 Å². The summed E-state index contributed by atoms with van der Waals surface area (Å²) in [5.41, 5.74) is 12.0. The van der Waals surface area contributed by atoms with Crippen LogP contribution in [-0.4, -0.2) is 9.97 Å². The maximum atomic E-state index is 5.48. The van der Waals surface area contributed by atoms with E-state index in [4.69, 9.17) is 9.97 Å². The van der Waals surface area contributed by atoms with Crippen molar-refractivity contribution in [2.45, 2.75) is 26.2 Å². The predicted molar refractivity (Wildman–Crippen MR) is 228 cm³/mol. The Morgan fingerprint density at radius 3 is 1.53 bits per heavy atom. The van der Waals surface area contributed by atoms with Gasteiger partial charge in [0, 0.05) is 41.9 Å². The van der Waals surface area contributed by atoms with E-state index in [0.717, 1.165) is 44.3 Å². The Labute approximate surface area is 313 Å². The van der Waals surface area contributed by atoms with Crippen molar-refractivity contribution in [3.8, 4) is 44.6 Å². The number of nitrogens with zero attached hydrogens (tertiary/aromatic N) is 2. The average molecular weight is 697 g/mol. The minimum absolute atomic E-state index is 0.210. The molecular formula is C50H36N2S. The molecule has 0 aliphatic carbocycles. The summed E-state index contributed by atoms with van der Waals surface area (Å²) in [6.07, 6.45) is 0. The molecule has 2 heterocycles. The number of aromatic nitrogens is 2. The first-order valence-electron chi connectivity index (χ1n) is 18.2. The zero-order chi connectivity index (χ0) is 35.7. The van der Waals surface area contributed by atoms with Crippen molar-refractivity contribution in [2.24, 2.45) is 0 Å². The third-order valence-corrected chi connectivity index (χ3v) is 11.7. The lowest BCUT2D eigenvalue weighted by Gasteiger charge is -2.23. The summed E-state index contributed by atoms with van der Waals surface area (Å²) in [5, 5.41) is 7.34. The molecule has 0 N–H and O–H groups in total. The second-order valence-electron chi connectivity index (χ2n) is 15.0. The topological polar surface area (TPSA) is 25.8 Å². The smallest absolute Gasteiger partial charge is 0.0979 e. The molecule has 0 bridgehead atoms. The number of hydrogen-bond acceptors (Lipinski definition) is 3. The van der Waals surface area contributed by atoms with Gasteiger partial charge in [0.05, 0.1) is 22.4 Å². The van der Waals surface area contributed by atoms with E-state index in [1.54, 1.807) is 0 Å². The first-order chi connectivity index (χ1) is 25.9. The van der Waals surface area contributed by atoms with E-state index in [2.05, 4.69) is 185 Å². The molecule has 8 aromatic carbocycles. The summed E-state index contributed by atoms with van der Waals surface area (Å²) in [6.45, 7) is 6.70. The van der Waals surface area contributed by atoms with Crippen molar-refractivity contribution in [2.75, 3.05) is 0 Å². The summed E-state index contributed by atoms with van der Waals surface area (Å²) in [6, 6.07) is 59.3. The second-order valence-corrected chi connectivity index (χ2v) is 16.0. The Kier molecular flexibility index (Phi) is 7.28. The Balaban J connectivity index is 1.04. The van der Waals surface area contributed by atoms with E-state index >= 15 is 0 Å². The van der Waals surface area contributed by atoms with Gasteiger partial charge in [-0.2, -0.15) is 0 Å². The number of benzene rings is 8. The van der Waals surface area contributed by atoms with E-state index in [0.29, 0.717) is 0 Å². The van der Waals surface area contributed by atoms with Crippen LogP contribution in [0.3, 0.4) is 0 Å². The van der Waals surface area contributed by atoms with Crippen molar-refractivity contribution in [3.05, 3.63) is 169 Å². The third kappa shape index (κ3) is 5.31. The molecule has 0 saturated heterocycles. The molecule has 0 atom stereocenters. The fourth-order valence-corrected chi connectivity index (χ4v) is 9.16. The molecule has 10 rings (SSSR count). The molecule has 252 valence electrons. The van der Waals surface area contributed by atoms with E-state index in [-0.39, 0.29) is 5.41 Å². The van der Waals surface area contributed by atoms with Crippen molar-refractivity contribution in [3.63, 3.8) is 0 Å². The van der Waals surface area contributed by atoms with E-state index < -0.39 is 0 Å². The van der Waals surface area contributed by atoms with Gasteiger partial charge < -0.3 is 0 Å². The Bertz CT molecular complexity index is 3040. The zero-order valence-corrected chi connectivity index (χ0v) is 30.7. The lowest BCUT2D eigenvalue weighted by Crippen LogP contribution is -2.16. The molecule has 0 radical (unpaired) electrons. The van der Waals surface area contributed by atoms with Crippen molar-refractivity contribution in [1.29, 1.82) is 0 Å². The van der Waals surface area contributed by atoms with Gasteiger partial charge in [-0.15, -0.1) is 11.3 Å². The van der Waals surface area contributed by atoms with Crippen molar-refractivity contribution < 1.29 is 0 Å². The highest BCUT2D eigenvalue weighted by atomic mass is 32.1. The van der Waals surface area contributed by atoms with Crippen LogP contribution in [0.2, 0.25) is 0 Å². The van der Waals surface area contributed by atoms with Crippen LogP contribution in [0.4, 0.5) is 0 Å². The molecule has 3 heteroatoms. The van der Waals surface area contributed by atoms with Crippen LogP contribution in [0.15, 0.2) is 164 Å². The van der Waals surface area contributed by atoms with Crippen LogP contribution in [0.1, 0.15) is 26.5 Å². The summed E-state index contributed by atoms with van der Waals surface area (Å²) < 4.78 is 2.67. The molecule has 0 aliphatic rings. The highest BCUT2D eigenvalue weighted by Gasteiger charge is 2.25. The lowest BCUT2D eigenvalue weighted by atomic mass is 9.87. The van der Waals surface area contributed by atoms with Crippen molar-refractivity contribution >= 4 is 64.1 Å². The number of rotatable bonds is 4. The second kappa shape index (κ2) is 12.2. The third-order valence-electron chi connectivity index (χ3n) is 10.5. The van der Waals surface area contributed by atoms with Gasteiger partial charge in [-0.3, -0.25) is 0 Å². The van der Waals surface area contributed by atoms with Gasteiger partial charge >= 0.3 is 0 Å². The SMILES string of the molecule is CC(C)(C)c1nc2c3ccccc3c3ccccc3c2nc1-c1cccc(-c2ccc(-c3cccc(-c4cccc5c4sc4ccccc45)c3)cc2)c1. The Morgan fingerprint density at radius 1 is 0.396 bits per heavy atom. The standard InChI is InChI=1S/C50H36N2S/c1-50(2,3)49-45(51-46-41-20-6-4-17-38(41)39-18-5-7-21-42(39)47(46)52-49)36-16-11-14-34(30-36)32-27-25-31(26-28-32)33-13-10-15-35(29-33)37-22-12-23-43-40-19-8-9-24-44(40)53-48(37)43/h4-30H,1-3H3. The monoisotopic (exact) mass is 696 g/mol. The molecule has 0 fully saturated rings. The van der Waals surface area contributed by atoms with Crippen LogP contribution in [0.5, 0.6) is 0 Å². The molecule has 0 saturated carbocycles. The quantitative estimate of drug-likeness (QED) is 0.171. The molecular weight excluding hydrogens is 661 g/mol. The Morgan fingerprint density at radius 2 is 0.887 bits per heavy atom. The number of hydrogen-bond donors (Lipinski definition) is 0. The minimum atomic E-state index is -0.210. The lowest BCUT2D eigenvalue weighted by molar-refractivity contribution is 0.571. The molecule has 2 aromatic heterocycles. The molecule has 0 amide bonds. The molecule has 53 heavy (non-hydrogen) atoms. The Hall–Kier alpha value is -6.16. The first kappa shape index (κ1) is 31.6. The first-order valence-corrected chi connectivity index (χ1v) is 19.1.